The maximum absolute atomic E-state index is 12.2. The van der Waals surface area contributed by atoms with Gasteiger partial charge in [0.15, 0.2) is 23.0 Å². The summed E-state index contributed by atoms with van der Waals surface area (Å²) < 4.78 is 21.6. The lowest BCUT2D eigenvalue weighted by Gasteiger charge is -2.21. The number of methoxy groups -OCH3 is 2. The number of ether oxygens (including phenoxy) is 4. The van der Waals surface area contributed by atoms with Gasteiger partial charge < -0.3 is 29.6 Å². The predicted molar refractivity (Wildman–Crippen MR) is 101 cm³/mol. The minimum Gasteiger partial charge on any atom is -0.493 e. The van der Waals surface area contributed by atoms with Crippen LogP contribution in [0.5, 0.6) is 23.0 Å². The van der Waals surface area contributed by atoms with Crippen LogP contribution in [0.3, 0.4) is 0 Å². The monoisotopic (exact) mass is 372 g/mol. The van der Waals surface area contributed by atoms with Gasteiger partial charge in [0.05, 0.1) is 20.3 Å². The molecule has 0 fully saturated rings. The van der Waals surface area contributed by atoms with Gasteiger partial charge in [0.1, 0.15) is 13.2 Å². The molecule has 27 heavy (non-hydrogen) atoms. The lowest BCUT2D eigenvalue weighted by Crippen LogP contribution is -2.36. The quantitative estimate of drug-likeness (QED) is 0.815. The standard InChI is InChI=1S/C20H24N2O5/c1-13(15-5-7-17-19(11-15)27-9-8-26-17)22-20(23)21-12-14-4-6-16(24-2)18(10-14)25-3/h4-7,10-11,13H,8-9,12H2,1-3H3,(H2,21,22,23)/t13-/m0/s1. The van der Waals surface area contributed by atoms with Crippen molar-refractivity contribution in [3.05, 3.63) is 47.5 Å². The first-order valence-electron chi connectivity index (χ1n) is 8.75. The molecule has 2 N–H and O–H groups in total. The number of hydrogen-bond donors (Lipinski definition) is 2. The van der Waals surface area contributed by atoms with Crippen molar-refractivity contribution in [1.29, 1.82) is 0 Å². The zero-order chi connectivity index (χ0) is 19.2. The maximum atomic E-state index is 12.2. The summed E-state index contributed by atoms with van der Waals surface area (Å²) in [5, 5.41) is 5.77. The van der Waals surface area contributed by atoms with Gasteiger partial charge in [-0.3, -0.25) is 0 Å². The summed E-state index contributed by atoms with van der Waals surface area (Å²) in [5.74, 6) is 2.72. The lowest BCUT2D eigenvalue weighted by atomic mass is 10.1. The lowest BCUT2D eigenvalue weighted by molar-refractivity contribution is 0.171. The Morgan fingerprint density at radius 2 is 1.78 bits per heavy atom. The minimum absolute atomic E-state index is 0.175. The van der Waals surface area contributed by atoms with Crippen molar-refractivity contribution < 1.29 is 23.7 Å². The fourth-order valence-electron chi connectivity index (χ4n) is 2.83. The molecule has 1 aliphatic rings. The van der Waals surface area contributed by atoms with Crippen LogP contribution in [-0.2, 0) is 6.54 Å². The number of carbonyl (C=O) groups is 1. The molecule has 0 unspecified atom stereocenters. The summed E-state index contributed by atoms with van der Waals surface area (Å²) in [5.41, 5.74) is 1.86. The summed E-state index contributed by atoms with van der Waals surface area (Å²) in [7, 11) is 3.17. The Kier molecular flexibility index (Phi) is 5.90. The highest BCUT2D eigenvalue weighted by atomic mass is 16.6. The third-order valence-corrected chi connectivity index (χ3v) is 4.31. The van der Waals surface area contributed by atoms with E-state index in [-0.39, 0.29) is 12.1 Å². The molecular formula is C20H24N2O5. The number of nitrogens with one attached hydrogen (secondary N) is 2. The van der Waals surface area contributed by atoms with E-state index in [9.17, 15) is 4.79 Å². The Bertz CT molecular complexity index is 809. The summed E-state index contributed by atoms with van der Waals surface area (Å²) >= 11 is 0. The summed E-state index contributed by atoms with van der Waals surface area (Å²) in [4.78, 5) is 12.2. The molecule has 1 atom stereocenters. The second-order valence-electron chi connectivity index (χ2n) is 6.14. The highest BCUT2D eigenvalue weighted by molar-refractivity contribution is 5.74. The number of amides is 2. The van der Waals surface area contributed by atoms with Gasteiger partial charge in [-0.25, -0.2) is 4.79 Å². The minimum atomic E-state index is -0.257. The Morgan fingerprint density at radius 3 is 2.52 bits per heavy atom. The van der Waals surface area contributed by atoms with Crippen molar-refractivity contribution in [1.82, 2.24) is 10.6 Å². The van der Waals surface area contributed by atoms with Gasteiger partial charge >= 0.3 is 6.03 Å². The number of hydrogen-bond acceptors (Lipinski definition) is 5. The van der Waals surface area contributed by atoms with Crippen molar-refractivity contribution in [3.63, 3.8) is 0 Å². The summed E-state index contributed by atoms with van der Waals surface area (Å²) in [6.45, 7) is 3.38. The van der Waals surface area contributed by atoms with Gasteiger partial charge in [0.2, 0.25) is 0 Å². The molecule has 0 aromatic heterocycles. The van der Waals surface area contributed by atoms with Crippen LogP contribution < -0.4 is 29.6 Å². The fourth-order valence-corrected chi connectivity index (χ4v) is 2.83. The topological polar surface area (TPSA) is 78.1 Å². The molecule has 1 heterocycles. The van der Waals surface area contributed by atoms with E-state index >= 15 is 0 Å². The van der Waals surface area contributed by atoms with Gasteiger partial charge in [0.25, 0.3) is 0 Å². The van der Waals surface area contributed by atoms with E-state index in [0.29, 0.717) is 37.0 Å². The van der Waals surface area contributed by atoms with Crippen molar-refractivity contribution in [2.45, 2.75) is 19.5 Å². The predicted octanol–water partition coefficient (Wildman–Crippen LogP) is 3.04. The van der Waals surface area contributed by atoms with E-state index in [4.69, 9.17) is 18.9 Å². The summed E-state index contributed by atoms with van der Waals surface area (Å²) in [6.07, 6.45) is 0. The number of fused-ring (bicyclic) bond motifs is 1. The van der Waals surface area contributed by atoms with Gasteiger partial charge in [-0.15, -0.1) is 0 Å². The third-order valence-electron chi connectivity index (χ3n) is 4.31. The SMILES string of the molecule is COc1ccc(CNC(=O)N[C@@H](C)c2ccc3c(c2)OCCO3)cc1OC. The molecular weight excluding hydrogens is 348 g/mol. The van der Waals surface area contributed by atoms with Crippen molar-refractivity contribution in [2.24, 2.45) is 0 Å². The number of carbonyl (C=O) groups excluding carboxylic acids is 1. The molecule has 3 rings (SSSR count). The van der Waals surface area contributed by atoms with Crippen molar-refractivity contribution in [3.8, 4) is 23.0 Å². The normalized spacial score (nSPS) is 13.4. The molecule has 0 saturated carbocycles. The molecule has 0 aliphatic carbocycles. The number of benzene rings is 2. The Hall–Kier alpha value is -3.09. The highest BCUT2D eigenvalue weighted by Gasteiger charge is 2.16. The zero-order valence-corrected chi connectivity index (χ0v) is 15.7. The fraction of sp³-hybridized carbons (Fsp3) is 0.350. The largest absolute Gasteiger partial charge is 0.493 e. The van der Waals surface area contributed by atoms with E-state index in [1.807, 2.05) is 43.3 Å². The second-order valence-corrected chi connectivity index (χ2v) is 6.14. The number of rotatable bonds is 6. The Morgan fingerprint density at radius 1 is 1.04 bits per heavy atom. The average Bonchev–Trinajstić information content (AvgIpc) is 2.71. The molecule has 0 spiro atoms. The van der Waals surface area contributed by atoms with Crippen LogP contribution in [0.25, 0.3) is 0 Å². The van der Waals surface area contributed by atoms with Gasteiger partial charge in [-0.2, -0.15) is 0 Å². The van der Waals surface area contributed by atoms with E-state index in [0.717, 1.165) is 16.9 Å². The molecule has 2 aromatic carbocycles. The molecule has 2 aromatic rings. The smallest absolute Gasteiger partial charge is 0.315 e. The molecule has 144 valence electrons. The molecule has 7 nitrogen and oxygen atoms in total. The van der Waals surface area contributed by atoms with Crippen LogP contribution in [0.1, 0.15) is 24.1 Å². The molecule has 0 radical (unpaired) electrons. The maximum Gasteiger partial charge on any atom is 0.315 e. The first-order valence-corrected chi connectivity index (χ1v) is 8.75. The van der Waals surface area contributed by atoms with Crippen LogP contribution in [0.2, 0.25) is 0 Å². The Balaban J connectivity index is 1.56. The van der Waals surface area contributed by atoms with E-state index in [1.54, 1.807) is 14.2 Å². The second kappa shape index (κ2) is 8.53. The van der Waals surface area contributed by atoms with Crippen LogP contribution in [0.15, 0.2) is 36.4 Å². The highest BCUT2D eigenvalue weighted by Crippen LogP contribution is 2.32. The van der Waals surface area contributed by atoms with E-state index in [1.165, 1.54) is 0 Å². The van der Waals surface area contributed by atoms with Crippen LogP contribution in [0, 0.1) is 0 Å². The molecule has 1 aliphatic heterocycles. The Labute approximate surface area is 158 Å². The van der Waals surface area contributed by atoms with E-state index < -0.39 is 0 Å². The summed E-state index contributed by atoms with van der Waals surface area (Å²) in [6, 6.07) is 10.8. The van der Waals surface area contributed by atoms with Gasteiger partial charge in [-0.1, -0.05) is 12.1 Å². The molecule has 0 saturated heterocycles. The van der Waals surface area contributed by atoms with Crippen LogP contribution >= 0.6 is 0 Å². The van der Waals surface area contributed by atoms with E-state index in [2.05, 4.69) is 10.6 Å². The molecule has 7 heteroatoms. The number of urea groups is 1. The average molecular weight is 372 g/mol. The molecule has 2 amide bonds. The third kappa shape index (κ3) is 4.55. The van der Waals surface area contributed by atoms with Gasteiger partial charge in [0, 0.05) is 6.54 Å². The zero-order valence-electron chi connectivity index (χ0n) is 15.7. The van der Waals surface area contributed by atoms with Crippen molar-refractivity contribution in [2.75, 3.05) is 27.4 Å². The van der Waals surface area contributed by atoms with Gasteiger partial charge in [-0.05, 0) is 42.3 Å². The van der Waals surface area contributed by atoms with Crippen LogP contribution in [0.4, 0.5) is 4.79 Å². The first kappa shape index (κ1) is 18.7. The van der Waals surface area contributed by atoms with Crippen LogP contribution in [-0.4, -0.2) is 33.5 Å². The first-order chi connectivity index (χ1) is 13.1. The molecule has 0 bridgehead atoms. The van der Waals surface area contributed by atoms with Crippen molar-refractivity contribution >= 4 is 6.03 Å².